The zero-order valence-corrected chi connectivity index (χ0v) is 16.7. The van der Waals surface area contributed by atoms with Crippen molar-refractivity contribution in [2.24, 2.45) is 5.73 Å². The van der Waals surface area contributed by atoms with Gasteiger partial charge >= 0.3 is 0 Å². The lowest BCUT2D eigenvalue weighted by molar-refractivity contribution is -0.149. The van der Waals surface area contributed by atoms with Gasteiger partial charge in [0.2, 0.25) is 5.91 Å². The molecular formula is C20H28ClN3O4. The van der Waals surface area contributed by atoms with Gasteiger partial charge in [-0.3, -0.25) is 9.59 Å². The van der Waals surface area contributed by atoms with Crippen molar-refractivity contribution < 1.29 is 19.1 Å². The monoisotopic (exact) mass is 409 g/mol. The second kappa shape index (κ2) is 9.11. The van der Waals surface area contributed by atoms with Crippen LogP contribution in [0.25, 0.3) is 0 Å². The van der Waals surface area contributed by atoms with Crippen LogP contribution in [0.1, 0.15) is 37.7 Å². The van der Waals surface area contributed by atoms with Gasteiger partial charge in [0.15, 0.2) is 0 Å². The van der Waals surface area contributed by atoms with E-state index in [-0.39, 0.29) is 30.3 Å². The molecule has 2 saturated heterocycles. The molecule has 3 atom stereocenters. The molecule has 0 saturated carbocycles. The van der Waals surface area contributed by atoms with Crippen molar-refractivity contribution in [2.45, 2.75) is 56.8 Å². The Morgan fingerprint density at radius 2 is 2.07 bits per heavy atom. The third kappa shape index (κ3) is 4.26. The number of fused-ring (bicyclic) bond motifs is 1. The van der Waals surface area contributed by atoms with Gasteiger partial charge in [0.1, 0.15) is 17.9 Å². The van der Waals surface area contributed by atoms with Crippen LogP contribution in [0.5, 0.6) is 5.75 Å². The van der Waals surface area contributed by atoms with Gasteiger partial charge in [0, 0.05) is 25.2 Å². The summed E-state index contributed by atoms with van der Waals surface area (Å²) in [6.07, 6.45) is 4.35. The zero-order valence-electron chi connectivity index (χ0n) is 15.9. The fraction of sp³-hybridized carbons (Fsp3) is 0.600. The standard InChI is InChI=1S/C20H27N3O4.ClH/c21-12-15-5-7-18(27-15)20(25)23-9-2-1-3-16(23)19(24)22-14-4-6-17-13(11-14)8-10-26-17;/h4,6,11,15-16,18H,1-3,5,7-10,12,21H2,(H,22,24);1H/t15-,16?,18+;/m1./s1. The van der Waals surface area contributed by atoms with E-state index in [1.165, 1.54) is 0 Å². The van der Waals surface area contributed by atoms with Crippen LogP contribution in [0.2, 0.25) is 0 Å². The van der Waals surface area contributed by atoms with Crippen LogP contribution in [0, 0.1) is 0 Å². The Morgan fingerprint density at radius 1 is 1.21 bits per heavy atom. The number of ether oxygens (including phenoxy) is 2. The number of piperidine rings is 1. The van der Waals surface area contributed by atoms with E-state index in [2.05, 4.69) is 5.32 Å². The van der Waals surface area contributed by atoms with E-state index >= 15 is 0 Å². The minimum atomic E-state index is -0.468. The summed E-state index contributed by atoms with van der Waals surface area (Å²) < 4.78 is 11.3. The second-order valence-corrected chi connectivity index (χ2v) is 7.51. The van der Waals surface area contributed by atoms with E-state index in [0.717, 1.165) is 42.7 Å². The predicted molar refractivity (Wildman–Crippen MR) is 108 cm³/mol. The van der Waals surface area contributed by atoms with Crippen molar-refractivity contribution in [1.29, 1.82) is 0 Å². The number of nitrogens with two attached hydrogens (primary N) is 1. The third-order valence-corrected chi connectivity index (χ3v) is 5.69. The predicted octanol–water partition coefficient (Wildman–Crippen LogP) is 1.87. The molecule has 3 aliphatic rings. The van der Waals surface area contributed by atoms with Crippen LogP contribution in [-0.2, 0) is 20.7 Å². The van der Waals surface area contributed by atoms with Gasteiger partial charge in [-0.1, -0.05) is 0 Å². The molecule has 154 valence electrons. The number of benzene rings is 1. The molecule has 0 aliphatic carbocycles. The lowest BCUT2D eigenvalue weighted by atomic mass is 9.99. The highest BCUT2D eigenvalue weighted by atomic mass is 35.5. The molecule has 4 rings (SSSR count). The minimum Gasteiger partial charge on any atom is -0.493 e. The highest BCUT2D eigenvalue weighted by Gasteiger charge is 2.39. The van der Waals surface area contributed by atoms with E-state index in [0.29, 0.717) is 32.5 Å². The molecule has 3 aliphatic heterocycles. The number of rotatable bonds is 4. The van der Waals surface area contributed by atoms with Crippen LogP contribution in [0.4, 0.5) is 5.69 Å². The molecule has 3 N–H and O–H groups in total. The lowest BCUT2D eigenvalue weighted by Crippen LogP contribution is -2.53. The first-order valence-corrected chi connectivity index (χ1v) is 9.88. The normalized spacial score (nSPS) is 26.2. The lowest BCUT2D eigenvalue weighted by Gasteiger charge is -2.36. The van der Waals surface area contributed by atoms with Crippen LogP contribution in [-0.4, -0.2) is 54.7 Å². The second-order valence-electron chi connectivity index (χ2n) is 7.51. The number of carbonyl (C=O) groups is 2. The van der Waals surface area contributed by atoms with Gasteiger partial charge in [-0.25, -0.2) is 0 Å². The van der Waals surface area contributed by atoms with Crippen LogP contribution in [0.3, 0.4) is 0 Å². The van der Waals surface area contributed by atoms with Crippen molar-refractivity contribution >= 4 is 29.9 Å². The van der Waals surface area contributed by atoms with Gasteiger partial charge in [-0.15, -0.1) is 12.4 Å². The van der Waals surface area contributed by atoms with Crippen molar-refractivity contribution in [3.8, 4) is 5.75 Å². The van der Waals surface area contributed by atoms with Crippen molar-refractivity contribution in [2.75, 3.05) is 25.0 Å². The first kappa shape index (κ1) is 20.9. The number of nitrogens with zero attached hydrogens (tertiary/aromatic N) is 1. The summed E-state index contributed by atoms with van der Waals surface area (Å²) in [4.78, 5) is 27.6. The molecule has 8 heteroatoms. The van der Waals surface area contributed by atoms with Gasteiger partial charge in [-0.2, -0.15) is 0 Å². The molecular weight excluding hydrogens is 382 g/mol. The smallest absolute Gasteiger partial charge is 0.252 e. The number of hydrogen-bond donors (Lipinski definition) is 2. The van der Waals surface area contributed by atoms with Gasteiger partial charge in [0.25, 0.3) is 5.91 Å². The van der Waals surface area contributed by atoms with Crippen molar-refractivity contribution in [3.63, 3.8) is 0 Å². The Morgan fingerprint density at radius 3 is 2.86 bits per heavy atom. The van der Waals surface area contributed by atoms with Gasteiger partial charge in [-0.05, 0) is 55.9 Å². The van der Waals surface area contributed by atoms with Gasteiger partial charge < -0.3 is 25.4 Å². The highest BCUT2D eigenvalue weighted by Crippen LogP contribution is 2.29. The number of nitrogens with one attached hydrogen (secondary N) is 1. The van der Waals surface area contributed by atoms with Crippen LogP contribution >= 0.6 is 12.4 Å². The van der Waals surface area contributed by atoms with E-state index in [1.807, 2.05) is 18.2 Å². The minimum absolute atomic E-state index is 0. The largest absolute Gasteiger partial charge is 0.493 e. The zero-order chi connectivity index (χ0) is 18.8. The summed E-state index contributed by atoms with van der Waals surface area (Å²) in [5.74, 6) is 0.679. The van der Waals surface area contributed by atoms with Crippen LogP contribution < -0.4 is 15.8 Å². The molecule has 1 aromatic carbocycles. The molecule has 3 heterocycles. The van der Waals surface area contributed by atoms with E-state index < -0.39 is 12.1 Å². The number of halogens is 1. The molecule has 0 spiro atoms. The Balaban J connectivity index is 0.00000225. The summed E-state index contributed by atoms with van der Waals surface area (Å²) in [6.45, 7) is 1.71. The maximum atomic E-state index is 12.9. The fourth-order valence-electron chi connectivity index (χ4n) is 4.20. The Labute approximate surface area is 171 Å². The summed E-state index contributed by atoms with van der Waals surface area (Å²) in [6, 6.07) is 5.25. The maximum absolute atomic E-state index is 12.9. The molecule has 0 aromatic heterocycles. The quantitative estimate of drug-likeness (QED) is 0.791. The molecule has 0 radical (unpaired) electrons. The number of carbonyl (C=O) groups excluding carboxylic acids is 2. The molecule has 2 fully saturated rings. The average molecular weight is 410 g/mol. The average Bonchev–Trinajstić information content (AvgIpc) is 3.36. The Kier molecular flexibility index (Phi) is 6.80. The molecule has 0 bridgehead atoms. The summed E-state index contributed by atoms with van der Waals surface area (Å²) in [7, 11) is 0. The van der Waals surface area contributed by atoms with Crippen molar-refractivity contribution in [3.05, 3.63) is 23.8 Å². The van der Waals surface area contributed by atoms with E-state index in [4.69, 9.17) is 15.2 Å². The molecule has 1 aromatic rings. The third-order valence-electron chi connectivity index (χ3n) is 5.69. The fourth-order valence-corrected chi connectivity index (χ4v) is 4.20. The van der Waals surface area contributed by atoms with Gasteiger partial charge in [0.05, 0.1) is 12.7 Å². The molecule has 7 nitrogen and oxygen atoms in total. The first-order valence-electron chi connectivity index (χ1n) is 9.88. The number of amides is 2. The Bertz CT molecular complexity index is 729. The molecule has 1 unspecified atom stereocenters. The van der Waals surface area contributed by atoms with E-state index in [1.54, 1.807) is 4.90 Å². The SMILES string of the molecule is Cl.NC[C@H]1CC[C@@H](C(=O)N2CCCCC2C(=O)Nc2ccc3c(c2)CCO3)O1. The number of likely N-dealkylation sites (tertiary alicyclic amines) is 1. The summed E-state index contributed by atoms with van der Waals surface area (Å²) >= 11 is 0. The van der Waals surface area contributed by atoms with Crippen LogP contribution in [0.15, 0.2) is 18.2 Å². The highest BCUT2D eigenvalue weighted by molar-refractivity contribution is 5.98. The first-order chi connectivity index (χ1) is 13.2. The number of anilines is 1. The Hall–Kier alpha value is -1.83. The summed E-state index contributed by atoms with van der Waals surface area (Å²) in [5, 5.41) is 2.99. The maximum Gasteiger partial charge on any atom is 0.252 e. The summed E-state index contributed by atoms with van der Waals surface area (Å²) in [5.41, 5.74) is 7.51. The topological polar surface area (TPSA) is 93.9 Å². The number of hydrogen-bond acceptors (Lipinski definition) is 5. The van der Waals surface area contributed by atoms with E-state index in [9.17, 15) is 9.59 Å². The molecule has 2 amide bonds. The van der Waals surface area contributed by atoms with Crippen molar-refractivity contribution in [1.82, 2.24) is 4.90 Å². The molecule has 28 heavy (non-hydrogen) atoms.